The molecular formula is C18H22N6. The summed E-state index contributed by atoms with van der Waals surface area (Å²) in [5.41, 5.74) is 3.66. The second-order valence-corrected chi connectivity index (χ2v) is 7.38. The third-order valence-electron chi connectivity index (χ3n) is 5.73. The van der Waals surface area contributed by atoms with E-state index in [1.165, 1.54) is 24.1 Å². The van der Waals surface area contributed by atoms with Gasteiger partial charge in [-0.1, -0.05) is 0 Å². The molecule has 0 N–H and O–H groups in total. The zero-order valence-corrected chi connectivity index (χ0v) is 14.0. The molecule has 6 heteroatoms. The first-order valence-corrected chi connectivity index (χ1v) is 8.90. The van der Waals surface area contributed by atoms with E-state index in [9.17, 15) is 0 Å². The highest BCUT2D eigenvalue weighted by atomic mass is 15.3. The lowest BCUT2D eigenvalue weighted by Crippen LogP contribution is -2.30. The lowest BCUT2D eigenvalue weighted by atomic mass is 10.0. The van der Waals surface area contributed by atoms with Crippen molar-refractivity contribution in [3.05, 3.63) is 35.4 Å². The average Bonchev–Trinajstić information content (AvgIpc) is 3.28. The molecule has 24 heavy (non-hydrogen) atoms. The summed E-state index contributed by atoms with van der Waals surface area (Å²) in [5, 5.41) is 8.94. The number of aryl methyl sites for hydroxylation is 3. The van der Waals surface area contributed by atoms with Gasteiger partial charge in [-0.25, -0.2) is 9.97 Å². The highest BCUT2D eigenvalue weighted by Crippen LogP contribution is 2.35. The molecule has 4 heterocycles. The molecule has 2 fully saturated rings. The van der Waals surface area contributed by atoms with Gasteiger partial charge in [-0.2, -0.15) is 5.10 Å². The standard InChI is InChI=1S/C18H22N6/c1-12-5-17(20-11-19-12)23-7-14-9-24(10-15(14)8-23)18-6-13-3-2-4-16(13)21-22-18/h5-6,11,14-15H,2-4,7-10H2,1H3. The molecule has 0 amide bonds. The van der Waals surface area contributed by atoms with Gasteiger partial charge in [-0.15, -0.1) is 5.10 Å². The van der Waals surface area contributed by atoms with E-state index in [2.05, 4.69) is 42.1 Å². The van der Waals surface area contributed by atoms with Gasteiger partial charge in [0.05, 0.1) is 5.69 Å². The van der Waals surface area contributed by atoms with Crippen LogP contribution in [0.2, 0.25) is 0 Å². The lowest BCUT2D eigenvalue weighted by Gasteiger charge is -2.23. The van der Waals surface area contributed by atoms with Crippen molar-refractivity contribution in [3.8, 4) is 0 Å². The molecule has 0 bridgehead atoms. The summed E-state index contributed by atoms with van der Waals surface area (Å²) < 4.78 is 0. The van der Waals surface area contributed by atoms with Crippen molar-refractivity contribution >= 4 is 11.6 Å². The van der Waals surface area contributed by atoms with Gasteiger partial charge in [0.1, 0.15) is 12.1 Å². The van der Waals surface area contributed by atoms with Crippen LogP contribution in [-0.4, -0.2) is 46.3 Å². The summed E-state index contributed by atoms with van der Waals surface area (Å²) in [7, 11) is 0. The van der Waals surface area contributed by atoms with Crippen LogP contribution in [0.3, 0.4) is 0 Å². The summed E-state index contributed by atoms with van der Waals surface area (Å²) in [6.45, 7) is 6.35. The molecule has 2 atom stereocenters. The van der Waals surface area contributed by atoms with Crippen LogP contribution in [-0.2, 0) is 12.8 Å². The zero-order valence-electron chi connectivity index (χ0n) is 14.0. The van der Waals surface area contributed by atoms with E-state index in [4.69, 9.17) is 0 Å². The summed E-state index contributed by atoms with van der Waals surface area (Å²) in [6, 6.07) is 4.37. The van der Waals surface area contributed by atoms with Crippen molar-refractivity contribution in [1.82, 2.24) is 20.2 Å². The Morgan fingerprint density at radius 1 is 0.875 bits per heavy atom. The Hall–Kier alpha value is -2.24. The topological polar surface area (TPSA) is 58.0 Å². The Balaban J connectivity index is 1.30. The van der Waals surface area contributed by atoms with E-state index in [0.717, 1.165) is 49.9 Å². The van der Waals surface area contributed by atoms with Crippen molar-refractivity contribution < 1.29 is 0 Å². The maximum absolute atomic E-state index is 4.49. The summed E-state index contributed by atoms with van der Waals surface area (Å²) in [5.74, 6) is 3.53. The Kier molecular flexibility index (Phi) is 3.18. The number of aromatic nitrogens is 4. The van der Waals surface area contributed by atoms with E-state index in [1.54, 1.807) is 6.33 Å². The Bertz CT molecular complexity index is 762. The second kappa shape index (κ2) is 5.40. The molecule has 0 radical (unpaired) electrons. The van der Waals surface area contributed by atoms with Crippen molar-refractivity contribution in [2.75, 3.05) is 36.0 Å². The molecule has 2 aliphatic heterocycles. The SMILES string of the molecule is Cc1cc(N2CC3CN(c4cc5c(nn4)CCC5)CC3C2)ncn1. The third kappa shape index (κ3) is 2.32. The first-order chi connectivity index (χ1) is 11.8. The fraction of sp³-hybridized carbons (Fsp3) is 0.556. The zero-order chi connectivity index (χ0) is 16.1. The van der Waals surface area contributed by atoms with Crippen LogP contribution in [0.4, 0.5) is 11.6 Å². The van der Waals surface area contributed by atoms with Crippen LogP contribution in [0.1, 0.15) is 23.4 Å². The minimum absolute atomic E-state index is 0.690. The van der Waals surface area contributed by atoms with Gasteiger partial charge in [0.2, 0.25) is 0 Å². The summed E-state index contributed by atoms with van der Waals surface area (Å²) >= 11 is 0. The van der Waals surface area contributed by atoms with Gasteiger partial charge in [0.15, 0.2) is 5.82 Å². The molecule has 124 valence electrons. The van der Waals surface area contributed by atoms with E-state index in [0.29, 0.717) is 11.8 Å². The Morgan fingerprint density at radius 3 is 2.38 bits per heavy atom. The molecule has 0 spiro atoms. The highest BCUT2D eigenvalue weighted by molar-refractivity contribution is 5.46. The molecular weight excluding hydrogens is 300 g/mol. The molecule has 5 rings (SSSR count). The molecule has 2 unspecified atom stereocenters. The van der Waals surface area contributed by atoms with Gasteiger partial charge in [-0.3, -0.25) is 0 Å². The van der Waals surface area contributed by atoms with Crippen LogP contribution in [0.5, 0.6) is 0 Å². The molecule has 1 aliphatic carbocycles. The second-order valence-electron chi connectivity index (χ2n) is 7.38. The highest BCUT2D eigenvalue weighted by Gasteiger charge is 2.41. The van der Waals surface area contributed by atoms with Gasteiger partial charge in [0.25, 0.3) is 0 Å². The number of anilines is 2. The normalized spacial score (nSPS) is 25.2. The van der Waals surface area contributed by atoms with E-state index in [1.807, 2.05) is 6.92 Å². The number of rotatable bonds is 2. The smallest absolute Gasteiger partial charge is 0.151 e. The van der Waals surface area contributed by atoms with Crippen LogP contribution < -0.4 is 9.80 Å². The molecule has 2 aromatic heterocycles. The van der Waals surface area contributed by atoms with Crippen molar-refractivity contribution in [2.45, 2.75) is 26.2 Å². The molecule has 6 nitrogen and oxygen atoms in total. The minimum Gasteiger partial charge on any atom is -0.356 e. The van der Waals surface area contributed by atoms with Gasteiger partial charge in [-0.05, 0) is 37.8 Å². The van der Waals surface area contributed by atoms with E-state index < -0.39 is 0 Å². The number of hydrogen-bond donors (Lipinski definition) is 0. The number of hydrogen-bond acceptors (Lipinski definition) is 6. The largest absolute Gasteiger partial charge is 0.356 e. The van der Waals surface area contributed by atoms with Gasteiger partial charge >= 0.3 is 0 Å². The van der Waals surface area contributed by atoms with Crippen molar-refractivity contribution in [3.63, 3.8) is 0 Å². The van der Waals surface area contributed by atoms with Crippen molar-refractivity contribution in [1.29, 1.82) is 0 Å². The summed E-state index contributed by atoms with van der Waals surface area (Å²) in [6.07, 6.45) is 5.16. The van der Waals surface area contributed by atoms with Crippen LogP contribution >= 0.6 is 0 Å². The predicted molar refractivity (Wildman–Crippen MR) is 92.2 cm³/mol. The maximum atomic E-state index is 4.49. The third-order valence-corrected chi connectivity index (χ3v) is 5.73. The number of nitrogens with zero attached hydrogens (tertiary/aromatic N) is 6. The Labute approximate surface area is 141 Å². The van der Waals surface area contributed by atoms with Gasteiger partial charge in [0, 0.05) is 49.8 Å². The average molecular weight is 322 g/mol. The fourth-order valence-corrected chi connectivity index (χ4v) is 4.45. The van der Waals surface area contributed by atoms with Gasteiger partial charge < -0.3 is 9.80 Å². The molecule has 3 aliphatic rings. The van der Waals surface area contributed by atoms with Crippen LogP contribution in [0.25, 0.3) is 0 Å². The fourth-order valence-electron chi connectivity index (χ4n) is 4.45. The van der Waals surface area contributed by atoms with Crippen molar-refractivity contribution in [2.24, 2.45) is 11.8 Å². The number of fused-ring (bicyclic) bond motifs is 2. The molecule has 2 saturated heterocycles. The first-order valence-electron chi connectivity index (χ1n) is 8.90. The first kappa shape index (κ1) is 14.1. The molecule has 0 saturated carbocycles. The van der Waals surface area contributed by atoms with Crippen LogP contribution in [0.15, 0.2) is 18.5 Å². The quantitative estimate of drug-likeness (QED) is 0.838. The van der Waals surface area contributed by atoms with Crippen LogP contribution in [0, 0.1) is 18.8 Å². The monoisotopic (exact) mass is 322 g/mol. The maximum Gasteiger partial charge on any atom is 0.151 e. The predicted octanol–water partition coefficient (Wildman–Crippen LogP) is 1.64. The summed E-state index contributed by atoms with van der Waals surface area (Å²) in [4.78, 5) is 13.5. The van der Waals surface area contributed by atoms with E-state index >= 15 is 0 Å². The molecule has 0 aromatic carbocycles. The lowest BCUT2D eigenvalue weighted by molar-refractivity contribution is 0.533. The van der Waals surface area contributed by atoms with E-state index in [-0.39, 0.29) is 0 Å². The minimum atomic E-state index is 0.690. The Morgan fingerprint density at radius 2 is 1.62 bits per heavy atom. The molecule has 2 aromatic rings.